The van der Waals surface area contributed by atoms with E-state index in [4.69, 9.17) is 27.4 Å². The summed E-state index contributed by atoms with van der Waals surface area (Å²) < 4.78 is 297. The third-order valence-corrected chi connectivity index (χ3v) is 7.23. The molecule has 0 saturated heterocycles. The minimum Gasteiger partial charge on any atom is -0.310 e. The number of anilines is 3. The topological polar surface area (TPSA) is 8.17 Å². The Balaban J connectivity index is 1.53. The van der Waals surface area contributed by atoms with Crippen LogP contribution in [0.25, 0.3) is 60.9 Å². The highest BCUT2D eigenvalue weighted by molar-refractivity contribution is 6.10. The van der Waals surface area contributed by atoms with Gasteiger partial charge in [-0.25, -0.2) is 0 Å². The van der Waals surface area contributed by atoms with E-state index in [2.05, 4.69) is 0 Å². The van der Waals surface area contributed by atoms with Crippen molar-refractivity contribution in [3.8, 4) is 39.1 Å². The number of fused-ring (bicyclic) bond motifs is 3. The molecule has 1 aromatic heterocycles. The van der Waals surface area contributed by atoms with Gasteiger partial charge in [-0.15, -0.1) is 0 Å². The number of hydrogen-bond acceptors (Lipinski definition) is 1. The molecule has 2 heteroatoms. The summed E-state index contributed by atoms with van der Waals surface area (Å²) in [6.07, 6.45) is 0. The predicted molar refractivity (Wildman–Crippen MR) is 212 cm³/mol. The van der Waals surface area contributed by atoms with Crippen LogP contribution in [0.5, 0.6) is 0 Å². The molecule has 0 bridgehead atoms. The Kier molecular flexibility index (Phi) is 2.79. The third kappa shape index (κ3) is 5.34. The van der Waals surface area contributed by atoms with Gasteiger partial charge in [0.15, 0.2) is 0 Å². The molecule has 0 N–H and O–H groups in total. The molecule has 1 heterocycles. The van der Waals surface area contributed by atoms with Crippen molar-refractivity contribution in [2.45, 2.75) is 0 Å². The first kappa shape index (κ1) is 10.9. The zero-order chi connectivity index (χ0) is 62.0. The number of rotatable bonds is 7. The summed E-state index contributed by atoms with van der Waals surface area (Å²) in [6, 6.07) is -34.7. The molecule has 0 aliphatic carbocycles. The van der Waals surface area contributed by atoms with Gasteiger partial charge in [0.1, 0.15) is 0 Å². The molecular weight excluding hydrogens is 605 g/mol. The summed E-state index contributed by atoms with van der Waals surface area (Å²) in [5.41, 5.74) is -11.6. The molecule has 9 aromatic rings. The Morgan fingerprint density at radius 2 is 0.980 bits per heavy atom. The van der Waals surface area contributed by atoms with E-state index in [0.29, 0.717) is 15.5 Å². The lowest BCUT2D eigenvalue weighted by Gasteiger charge is -2.28. The van der Waals surface area contributed by atoms with Gasteiger partial charge in [-0.3, -0.25) is 0 Å². The van der Waals surface area contributed by atoms with E-state index in [1.54, 1.807) is 0 Å². The molecule has 9 rings (SSSR count). The molecule has 236 valence electrons. The van der Waals surface area contributed by atoms with Crippen LogP contribution in [-0.4, -0.2) is 4.57 Å². The first-order chi connectivity index (χ1) is 38.5. The largest absolute Gasteiger partial charge is 0.310 e. The smallest absolute Gasteiger partial charge is 0.0651 e. The van der Waals surface area contributed by atoms with E-state index in [9.17, 15) is 17.8 Å². The van der Waals surface area contributed by atoms with Crippen LogP contribution in [0, 0.1) is 0 Å². The van der Waals surface area contributed by atoms with Gasteiger partial charge in [0.25, 0.3) is 0 Å². The maximum atomic E-state index is 10.0. The lowest BCUT2D eigenvalue weighted by atomic mass is 9.99. The fourth-order valence-corrected chi connectivity index (χ4v) is 5.12. The standard InChI is InChI=1S/C48H34N2/c1-4-15-35(16-5-1)36-27-30-41(31-28-36)49(46-25-12-10-23-43(46)37-17-6-2-7-18-37)42-22-14-19-38(33-42)39-29-32-48-45(34-39)44-24-11-13-26-47(44)50(48)40-20-8-3-9-21-40/h1-34H/i1D,2D,3D,4D,5D,6D,7D,8D,9D,11D,12D,13D,14D,15D,16D,17D,18D,19D,20D,21D,22D,23D,24D,25D,26D,27D,28D,29D,30D,31D,32D,33D,34D. The van der Waals surface area contributed by atoms with Crippen molar-refractivity contribution < 1.29 is 45.2 Å². The summed E-state index contributed by atoms with van der Waals surface area (Å²) in [6.45, 7) is 0. The zero-order valence-corrected chi connectivity index (χ0v) is 25.0. The Morgan fingerprint density at radius 3 is 1.76 bits per heavy atom. The average Bonchev–Trinajstić information content (AvgIpc) is 2.23. The van der Waals surface area contributed by atoms with Crippen molar-refractivity contribution in [3.05, 3.63) is 205 Å². The second kappa shape index (κ2) is 12.8. The van der Waals surface area contributed by atoms with Gasteiger partial charge < -0.3 is 9.47 Å². The van der Waals surface area contributed by atoms with Crippen molar-refractivity contribution in [2.75, 3.05) is 4.90 Å². The van der Waals surface area contributed by atoms with Crippen LogP contribution in [0.1, 0.15) is 45.2 Å². The molecule has 0 fully saturated rings. The normalized spacial score (nSPS) is 20.4. The summed E-state index contributed by atoms with van der Waals surface area (Å²) in [5, 5.41) is -1.39. The van der Waals surface area contributed by atoms with Crippen LogP contribution in [0.2, 0.25) is 0 Å². The van der Waals surface area contributed by atoms with Crippen LogP contribution in [0.4, 0.5) is 17.1 Å². The van der Waals surface area contributed by atoms with Gasteiger partial charge in [0, 0.05) is 33.4 Å². The summed E-state index contributed by atoms with van der Waals surface area (Å²) in [4.78, 5) is 0.306. The fourth-order valence-electron chi connectivity index (χ4n) is 5.12. The highest BCUT2D eigenvalue weighted by Gasteiger charge is 2.19. The Bertz CT molecular complexity index is 4370. The van der Waals surface area contributed by atoms with Crippen LogP contribution in [0.15, 0.2) is 205 Å². The monoisotopic (exact) mass is 671 g/mol. The Morgan fingerprint density at radius 1 is 0.380 bits per heavy atom. The van der Waals surface area contributed by atoms with Gasteiger partial charge in [0.2, 0.25) is 0 Å². The lowest BCUT2D eigenvalue weighted by molar-refractivity contribution is 1.18. The van der Waals surface area contributed by atoms with E-state index >= 15 is 0 Å². The molecule has 0 spiro atoms. The molecule has 0 radical (unpaired) electrons. The maximum Gasteiger partial charge on any atom is 0.0651 e. The van der Waals surface area contributed by atoms with E-state index in [-0.39, 0.29) is 0 Å². The third-order valence-electron chi connectivity index (χ3n) is 7.23. The minimum absolute atomic E-state index is 0.306. The zero-order valence-electron chi connectivity index (χ0n) is 58.0. The van der Waals surface area contributed by atoms with Crippen LogP contribution >= 0.6 is 0 Å². The molecular formula is C48H34N2. The van der Waals surface area contributed by atoms with Crippen molar-refractivity contribution in [2.24, 2.45) is 0 Å². The van der Waals surface area contributed by atoms with E-state index in [1.807, 2.05) is 0 Å². The molecule has 0 unspecified atom stereocenters. The fraction of sp³-hybridized carbons (Fsp3) is 0. The van der Waals surface area contributed by atoms with Gasteiger partial charge in [-0.2, -0.15) is 0 Å². The van der Waals surface area contributed by atoms with Crippen molar-refractivity contribution in [1.82, 2.24) is 4.57 Å². The Labute approximate surface area is 339 Å². The molecule has 0 amide bonds. The van der Waals surface area contributed by atoms with Crippen LogP contribution < -0.4 is 4.90 Å². The predicted octanol–water partition coefficient (Wildman–Crippen LogP) is 13.3. The second-order valence-corrected chi connectivity index (χ2v) is 10.1. The molecule has 2 nitrogen and oxygen atoms in total. The van der Waals surface area contributed by atoms with E-state index in [0.717, 1.165) is 0 Å². The molecule has 50 heavy (non-hydrogen) atoms. The van der Waals surface area contributed by atoms with Crippen LogP contribution in [-0.2, 0) is 0 Å². The van der Waals surface area contributed by atoms with Gasteiger partial charge in [-0.1, -0.05) is 145 Å². The van der Waals surface area contributed by atoms with Crippen molar-refractivity contribution in [1.29, 1.82) is 0 Å². The second-order valence-electron chi connectivity index (χ2n) is 10.1. The highest BCUT2D eigenvalue weighted by atomic mass is 15.1. The highest BCUT2D eigenvalue weighted by Crippen LogP contribution is 2.43. The van der Waals surface area contributed by atoms with Crippen LogP contribution in [0.3, 0.4) is 0 Å². The number of hydrogen-bond donors (Lipinski definition) is 0. The maximum absolute atomic E-state index is 10.0. The van der Waals surface area contributed by atoms with Gasteiger partial charge in [0.05, 0.1) is 62.0 Å². The number of aromatic nitrogens is 1. The van der Waals surface area contributed by atoms with E-state index < -0.39 is 277 Å². The first-order valence-electron chi connectivity index (χ1n) is 30.9. The van der Waals surface area contributed by atoms with Gasteiger partial charge >= 0.3 is 0 Å². The SMILES string of the molecule is [2H]c1cc([2H])c(-c2c([2H])c([2H])c([2H])c([2H])c2[2H])c(N(c2c([2H])c([2H])c(-c3c([2H])c([2H])c([2H])c([2H])c3[2H])c([2H])c2[2H])c2c([2H])c([2H])c([2H])c(-c3c([2H])c([2H])c4c(c3[2H])c3c([2H])c([2H])c([2H])c([2H])c3n4-c3c([2H])c([2H])c([2H])c([2H])c3[2H])c2[2H])c1[2H]. The molecule has 0 atom stereocenters. The number of benzene rings is 8. The molecule has 8 aromatic carbocycles. The summed E-state index contributed by atoms with van der Waals surface area (Å²) in [5.74, 6) is 0. The van der Waals surface area contributed by atoms with Crippen molar-refractivity contribution >= 4 is 38.9 Å². The first-order valence-corrected chi connectivity index (χ1v) is 14.4. The Hall–Kier alpha value is -6.64. The molecule has 0 aliphatic rings. The quantitative estimate of drug-likeness (QED) is 0.164. The molecule has 0 saturated carbocycles. The van der Waals surface area contributed by atoms with E-state index in [1.165, 1.54) is 0 Å². The number of para-hydroxylation sites is 3. The average molecular weight is 672 g/mol. The minimum atomic E-state index is -1.35. The van der Waals surface area contributed by atoms with Crippen molar-refractivity contribution in [3.63, 3.8) is 0 Å². The summed E-state index contributed by atoms with van der Waals surface area (Å²) >= 11 is 0. The number of nitrogens with zero attached hydrogens (tertiary/aromatic N) is 2. The molecule has 0 aliphatic heterocycles. The lowest BCUT2D eigenvalue weighted by Crippen LogP contribution is -2.11. The summed E-state index contributed by atoms with van der Waals surface area (Å²) in [7, 11) is 0. The van der Waals surface area contributed by atoms with Gasteiger partial charge in [-0.05, 0) is 88.2 Å².